The van der Waals surface area contributed by atoms with Crippen molar-refractivity contribution in [2.45, 2.75) is 0 Å². The van der Waals surface area contributed by atoms with Crippen molar-refractivity contribution in [3.63, 3.8) is 0 Å². The summed E-state index contributed by atoms with van der Waals surface area (Å²) >= 11 is 3.26. The van der Waals surface area contributed by atoms with Crippen molar-refractivity contribution in [2.24, 2.45) is 0 Å². The quantitative estimate of drug-likeness (QED) is 0.824. The van der Waals surface area contributed by atoms with Gasteiger partial charge < -0.3 is 10.4 Å². The molecule has 0 spiro atoms. The number of carbonyl (C=O) groups is 1. The number of carboxylic acid groups (broad SMARTS) is 1. The summed E-state index contributed by atoms with van der Waals surface area (Å²) in [5.41, 5.74) is 1.24. The van der Waals surface area contributed by atoms with E-state index in [1.54, 1.807) is 18.2 Å². The lowest BCUT2D eigenvalue weighted by molar-refractivity contribution is -0.131. The molecule has 0 aliphatic carbocycles. The molecular weight excluding hydrogens is 260 g/mol. The number of benzene rings is 1. The van der Waals surface area contributed by atoms with Gasteiger partial charge in [-0.3, -0.25) is 0 Å². The molecule has 4 nitrogen and oxygen atoms in total. The number of nitrogens with zero attached hydrogens (tertiary/aromatic N) is 1. The number of nitriles is 1. The lowest BCUT2D eigenvalue weighted by Crippen LogP contribution is -1.93. The molecule has 0 saturated heterocycles. The summed E-state index contributed by atoms with van der Waals surface area (Å²) in [4.78, 5) is 10.2. The Labute approximate surface area is 95.0 Å². The zero-order valence-electron chi connectivity index (χ0n) is 7.57. The molecule has 1 aromatic carbocycles. The van der Waals surface area contributed by atoms with Crippen LogP contribution < -0.4 is 5.32 Å². The molecule has 76 valence electrons. The Morgan fingerprint density at radius 2 is 2.33 bits per heavy atom. The first kappa shape index (κ1) is 11.3. The summed E-state index contributed by atoms with van der Waals surface area (Å²) in [7, 11) is 0. The van der Waals surface area contributed by atoms with E-state index < -0.39 is 5.97 Å². The van der Waals surface area contributed by atoms with Gasteiger partial charge in [0.1, 0.15) is 0 Å². The predicted molar refractivity (Wildman–Crippen MR) is 59.3 cm³/mol. The summed E-state index contributed by atoms with van der Waals surface area (Å²) < 4.78 is 0.705. The lowest BCUT2D eigenvalue weighted by atomic mass is 10.2. The van der Waals surface area contributed by atoms with E-state index in [9.17, 15) is 4.79 Å². The maximum atomic E-state index is 10.2. The molecule has 15 heavy (non-hydrogen) atoms. The van der Waals surface area contributed by atoms with Crippen molar-refractivity contribution in [3.8, 4) is 6.07 Å². The maximum Gasteiger partial charge on any atom is 0.329 e. The van der Waals surface area contributed by atoms with Crippen LogP contribution in [-0.4, -0.2) is 11.1 Å². The van der Waals surface area contributed by atoms with Gasteiger partial charge in [-0.25, -0.2) is 4.79 Å². The van der Waals surface area contributed by atoms with Crippen molar-refractivity contribution in [1.82, 2.24) is 0 Å². The van der Waals surface area contributed by atoms with E-state index in [-0.39, 0.29) is 0 Å². The first-order valence-corrected chi connectivity index (χ1v) is 4.78. The smallest absolute Gasteiger partial charge is 0.329 e. The summed E-state index contributed by atoms with van der Waals surface area (Å²) in [6.07, 6.45) is 2.30. The fourth-order valence-corrected chi connectivity index (χ4v) is 1.40. The number of nitrogens with one attached hydrogen (secondary N) is 1. The minimum absolute atomic E-state index is 0.537. The van der Waals surface area contributed by atoms with Crippen LogP contribution in [0.1, 0.15) is 5.56 Å². The van der Waals surface area contributed by atoms with Crippen molar-refractivity contribution in [3.05, 3.63) is 40.5 Å². The summed E-state index contributed by atoms with van der Waals surface area (Å²) in [6.45, 7) is 0. The Morgan fingerprint density at radius 1 is 1.60 bits per heavy atom. The standard InChI is InChI=1S/C10H7BrN2O2/c11-8-5-7(6-12)1-2-9(8)13-4-3-10(14)15/h1-5,13H,(H,14,15)/b4-3+. The van der Waals surface area contributed by atoms with Gasteiger partial charge >= 0.3 is 5.97 Å². The number of halogens is 1. The van der Waals surface area contributed by atoms with E-state index in [4.69, 9.17) is 10.4 Å². The molecule has 0 bridgehead atoms. The van der Waals surface area contributed by atoms with Crippen LogP contribution >= 0.6 is 15.9 Å². The van der Waals surface area contributed by atoms with Crippen molar-refractivity contribution in [1.29, 1.82) is 5.26 Å². The Bertz CT molecular complexity index is 449. The van der Waals surface area contributed by atoms with E-state index >= 15 is 0 Å². The van der Waals surface area contributed by atoms with E-state index in [1.807, 2.05) is 6.07 Å². The van der Waals surface area contributed by atoms with Crippen molar-refractivity contribution < 1.29 is 9.90 Å². The summed E-state index contributed by atoms with van der Waals surface area (Å²) in [5.74, 6) is -1.02. The second-order valence-corrected chi connectivity index (χ2v) is 3.48. The Balaban J connectivity index is 2.80. The van der Waals surface area contributed by atoms with Gasteiger partial charge in [-0.1, -0.05) is 0 Å². The first-order chi connectivity index (χ1) is 7.13. The van der Waals surface area contributed by atoms with Gasteiger partial charge in [0.25, 0.3) is 0 Å². The van der Waals surface area contributed by atoms with E-state index in [1.165, 1.54) is 6.20 Å². The molecule has 0 aliphatic heterocycles. The molecule has 0 amide bonds. The molecule has 0 heterocycles. The number of rotatable bonds is 3. The average Bonchev–Trinajstić information content (AvgIpc) is 2.20. The van der Waals surface area contributed by atoms with Crippen LogP contribution in [0.5, 0.6) is 0 Å². The van der Waals surface area contributed by atoms with Crippen molar-refractivity contribution in [2.75, 3.05) is 5.32 Å². The predicted octanol–water partition coefficient (Wildman–Crippen LogP) is 2.33. The molecule has 0 atom stereocenters. The highest BCUT2D eigenvalue weighted by atomic mass is 79.9. The van der Waals surface area contributed by atoms with Gasteiger partial charge in [0.15, 0.2) is 0 Å². The number of hydrogen-bond acceptors (Lipinski definition) is 3. The summed E-state index contributed by atoms with van der Waals surface area (Å²) in [6, 6.07) is 6.98. The van der Waals surface area contributed by atoms with Crippen LogP contribution in [0.25, 0.3) is 0 Å². The lowest BCUT2D eigenvalue weighted by Gasteiger charge is -2.03. The molecule has 0 aromatic heterocycles. The second kappa shape index (κ2) is 5.17. The fraction of sp³-hybridized carbons (Fsp3) is 0. The molecular formula is C10H7BrN2O2. The molecule has 0 fully saturated rings. The SMILES string of the molecule is N#Cc1ccc(N/C=C/C(=O)O)c(Br)c1. The largest absolute Gasteiger partial charge is 0.478 e. The van der Waals surface area contributed by atoms with Crippen LogP contribution in [0.4, 0.5) is 5.69 Å². The molecule has 2 N–H and O–H groups in total. The van der Waals surface area contributed by atoms with Gasteiger partial charge in [0.05, 0.1) is 17.3 Å². The van der Waals surface area contributed by atoms with Gasteiger partial charge in [-0.2, -0.15) is 5.26 Å². The second-order valence-electron chi connectivity index (χ2n) is 2.62. The van der Waals surface area contributed by atoms with Gasteiger partial charge in [0.2, 0.25) is 0 Å². The van der Waals surface area contributed by atoms with Crippen LogP contribution in [0.2, 0.25) is 0 Å². The van der Waals surface area contributed by atoms with Gasteiger partial charge in [-0.15, -0.1) is 0 Å². The highest BCUT2D eigenvalue weighted by Gasteiger charge is 1.99. The molecule has 5 heteroatoms. The highest BCUT2D eigenvalue weighted by molar-refractivity contribution is 9.10. The molecule has 0 saturated carbocycles. The minimum atomic E-state index is -1.02. The molecule has 1 rings (SSSR count). The molecule has 0 radical (unpaired) electrons. The normalized spacial score (nSPS) is 9.87. The molecule has 0 unspecified atom stereocenters. The zero-order chi connectivity index (χ0) is 11.3. The first-order valence-electron chi connectivity index (χ1n) is 3.99. The van der Waals surface area contributed by atoms with E-state index in [0.717, 1.165) is 6.08 Å². The number of aliphatic carboxylic acids is 1. The monoisotopic (exact) mass is 266 g/mol. The third kappa shape index (κ3) is 3.44. The highest BCUT2D eigenvalue weighted by Crippen LogP contribution is 2.23. The molecule has 1 aromatic rings. The summed E-state index contributed by atoms with van der Waals surface area (Å²) in [5, 5.41) is 19.8. The Morgan fingerprint density at radius 3 is 2.87 bits per heavy atom. The topological polar surface area (TPSA) is 73.1 Å². The third-order valence-electron chi connectivity index (χ3n) is 1.56. The number of hydrogen-bond donors (Lipinski definition) is 2. The van der Waals surface area contributed by atoms with E-state index in [0.29, 0.717) is 15.7 Å². The Kier molecular flexibility index (Phi) is 3.89. The zero-order valence-corrected chi connectivity index (χ0v) is 9.15. The van der Waals surface area contributed by atoms with Crippen LogP contribution in [0, 0.1) is 11.3 Å². The van der Waals surface area contributed by atoms with Gasteiger partial charge in [-0.05, 0) is 34.1 Å². The van der Waals surface area contributed by atoms with Gasteiger partial charge in [0, 0.05) is 16.7 Å². The minimum Gasteiger partial charge on any atom is -0.478 e. The number of anilines is 1. The van der Waals surface area contributed by atoms with Crippen molar-refractivity contribution >= 4 is 27.6 Å². The third-order valence-corrected chi connectivity index (χ3v) is 2.22. The van der Waals surface area contributed by atoms with E-state index in [2.05, 4.69) is 21.2 Å². The number of carboxylic acids is 1. The Hall–Kier alpha value is -1.80. The fourth-order valence-electron chi connectivity index (χ4n) is 0.904. The average molecular weight is 267 g/mol. The van der Waals surface area contributed by atoms with Crippen LogP contribution in [-0.2, 0) is 4.79 Å². The van der Waals surface area contributed by atoms with Crippen LogP contribution in [0.15, 0.2) is 34.9 Å². The van der Waals surface area contributed by atoms with Crippen LogP contribution in [0.3, 0.4) is 0 Å². The molecule has 0 aliphatic rings. The maximum absolute atomic E-state index is 10.2.